The molecule has 0 unspecified atom stereocenters. The molecule has 0 radical (unpaired) electrons. The molecule has 20 heavy (non-hydrogen) atoms. The molecule has 1 heterocycles. The van der Waals surface area contributed by atoms with Gasteiger partial charge in [-0.05, 0) is 6.07 Å². The first-order valence-electron chi connectivity index (χ1n) is 4.54. The van der Waals surface area contributed by atoms with E-state index in [0.29, 0.717) is 6.07 Å². The minimum Gasteiger partial charge on any atom is -0.387 e. The number of ether oxygens (including phenoxy) is 1. The molecule has 1 aromatic rings. The Morgan fingerprint density at radius 2 is 1.95 bits per heavy atom. The molecule has 4 nitrogen and oxygen atoms in total. The summed E-state index contributed by atoms with van der Waals surface area (Å²) in [6.07, 6.45) is -8.68. The van der Waals surface area contributed by atoms with Gasteiger partial charge in [-0.2, -0.15) is 0 Å². The lowest BCUT2D eigenvalue weighted by atomic mass is 10.2. The molecule has 1 rings (SSSR count). The molecular weight excluding hydrogens is 401 g/mol. The van der Waals surface area contributed by atoms with E-state index in [-0.39, 0.29) is 5.33 Å². The van der Waals surface area contributed by atoms with Gasteiger partial charge in [-0.3, -0.25) is 0 Å². The Kier molecular flexibility index (Phi) is 5.19. The SMILES string of the molecule is O=S(=O)(Cl)c1cc(C(F)F)c(OC(F)(F)F)nc1CBr. The van der Waals surface area contributed by atoms with Gasteiger partial charge in [0.15, 0.2) is 0 Å². The predicted molar refractivity (Wildman–Crippen MR) is 61.5 cm³/mol. The van der Waals surface area contributed by atoms with Crippen molar-refractivity contribution in [1.82, 2.24) is 4.98 Å². The lowest BCUT2D eigenvalue weighted by Crippen LogP contribution is -2.20. The summed E-state index contributed by atoms with van der Waals surface area (Å²) in [6, 6.07) is 0.303. The van der Waals surface area contributed by atoms with Crippen molar-refractivity contribution >= 4 is 35.7 Å². The third-order valence-corrected chi connectivity index (χ3v) is 3.80. The number of rotatable bonds is 4. The molecule has 12 heteroatoms. The molecular formula is C8H4BrClF5NO3S. The van der Waals surface area contributed by atoms with E-state index >= 15 is 0 Å². The Morgan fingerprint density at radius 3 is 2.30 bits per heavy atom. The standard InChI is InChI=1S/C8H4BrClF5NO3S/c9-2-4-5(20(10,17)18)1-3(6(11)12)7(16-4)19-8(13,14)15/h1,6H,2H2. The Balaban J connectivity index is 3.54. The molecule has 114 valence electrons. The number of halogens is 7. The van der Waals surface area contributed by atoms with Crippen LogP contribution in [0.5, 0.6) is 5.88 Å². The molecule has 0 spiro atoms. The van der Waals surface area contributed by atoms with Crippen molar-refractivity contribution in [3.63, 3.8) is 0 Å². The van der Waals surface area contributed by atoms with E-state index < -0.39 is 43.9 Å². The second-order valence-corrected chi connectivity index (χ2v) is 6.34. The van der Waals surface area contributed by atoms with Gasteiger partial charge in [-0.15, -0.1) is 13.2 Å². The van der Waals surface area contributed by atoms with E-state index in [1.54, 1.807) is 0 Å². The summed E-state index contributed by atoms with van der Waals surface area (Å²) in [5.74, 6) is -1.42. The molecule has 0 aliphatic rings. The van der Waals surface area contributed by atoms with Crippen molar-refractivity contribution < 1.29 is 35.1 Å². The summed E-state index contributed by atoms with van der Waals surface area (Å²) in [6.45, 7) is 0. The van der Waals surface area contributed by atoms with Gasteiger partial charge >= 0.3 is 6.36 Å². The van der Waals surface area contributed by atoms with E-state index in [0.717, 1.165) is 0 Å². The van der Waals surface area contributed by atoms with Gasteiger partial charge in [0, 0.05) is 16.0 Å². The van der Waals surface area contributed by atoms with Crippen LogP contribution in [0.1, 0.15) is 17.7 Å². The average Bonchev–Trinajstić information content (AvgIpc) is 2.24. The minimum atomic E-state index is -5.25. The normalized spacial score (nSPS) is 12.8. The van der Waals surface area contributed by atoms with E-state index in [1.165, 1.54) is 0 Å². The Labute approximate surface area is 122 Å². The molecule has 0 bridgehead atoms. The molecule has 0 atom stereocenters. The van der Waals surface area contributed by atoms with Crippen LogP contribution < -0.4 is 4.74 Å². The number of aromatic nitrogens is 1. The van der Waals surface area contributed by atoms with Crippen molar-refractivity contribution in [2.24, 2.45) is 0 Å². The molecule has 0 fully saturated rings. The number of alkyl halides is 6. The second-order valence-electron chi connectivity index (χ2n) is 3.25. The van der Waals surface area contributed by atoms with Crippen LogP contribution in [0.3, 0.4) is 0 Å². The van der Waals surface area contributed by atoms with E-state index in [1.807, 2.05) is 0 Å². The van der Waals surface area contributed by atoms with Crippen LogP contribution in [0.25, 0.3) is 0 Å². The van der Waals surface area contributed by atoms with E-state index in [2.05, 4.69) is 25.7 Å². The number of hydrogen-bond donors (Lipinski definition) is 0. The predicted octanol–water partition coefficient (Wildman–Crippen LogP) is 3.74. The summed E-state index contributed by atoms with van der Waals surface area (Å²) in [5.41, 5.74) is -1.81. The van der Waals surface area contributed by atoms with Gasteiger partial charge in [0.2, 0.25) is 5.88 Å². The number of pyridine rings is 1. The fourth-order valence-electron chi connectivity index (χ4n) is 1.18. The lowest BCUT2D eigenvalue weighted by Gasteiger charge is -2.14. The molecule has 0 aliphatic heterocycles. The highest BCUT2D eigenvalue weighted by atomic mass is 79.9. The van der Waals surface area contributed by atoms with Crippen LogP contribution in [-0.2, 0) is 14.4 Å². The molecule has 1 aromatic heterocycles. The summed E-state index contributed by atoms with van der Waals surface area (Å²) < 4.78 is 87.3. The van der Waals surface area contributed by atoms with Crippen LogP contribution in [0.4, 0.5) is 22.0 Å². The van der Waals surface area contributed by atoms with Crippen molar-refractivity contribution in [1.29, 1.82) is 0 Å². The maximum atomic E-state index is 12.7. The minimum absolute atomic E-state index is 0.303. The summed E-state index contributed by atoms with van der Waals surface area (Å²) in [5, 5.41) is -0.327. The van der Waals surface area contributed by atoms with Crippen LogP contribution >= 0.6 is 26.6 Å². The number of nitrogens with zero attached hydrogens (tertiary/aromatic N) is 1. The molecule has 0 saturated heterocycles. The van der Waals surface area contributed by atoms with Crippen molar-refractivity contribution in [2.45, 2.75) is 23.0 Å². The summed E-state index contributed by atoms with van der Waals surface area (Å²) in [7, 11) is 0.556. The Morgan fingerprint density at radius 1 is 1.40 bits per heavy atom. The average molecular weight is 405 g/mol. The highest BCUT2D eigenvalue weighted by Crippen LogP contribution is 2.35. The van der Waals surface area contributed by atoms with Crippen LogP contribution in [0, 0.1) is 0 Å². The molecule has 0 amide bonds. The smallest absolute Gasteiger partial charge is 0.387 e. The molecule has 0 aromatic carbocycles. The van der Waals surface area contributed by atoms with Crippen LogP contribution in [0.2, 0.25) is 0 Å². The van der Waals surface area contributed by atoms with Gasteiger partial charge in [0.05, 0.1) is 11.3 Å². The quantitative estimate of drug-likeness (QED) is 0.436. The monoisotopic (exact) mass is 403 g/mol. The van der Waals surface area contributed by atoms with Crippen molar-refractivity contribution in [3.05, 3.63) is 17.3 Å². The zero-order chi connectivity index (χ0) is 15.7. The first-order chi connectivity index (χ1) is 8.95. The van der Waals surface area contributed by atoms with Crippen molar-refractivity contribution in [2.75, 3.05) is 0 Å². The first kappa shape index (κ1) is 17.4. The maximum Gasteiger partial charge on any atom is 0.574 e. The lowest BCUT2D eigenvalue weighted by molar-refractivity contribution is -0.276. The van der Waals surface area contributed by atoms with Crippen LogP contribution in [0.15, 0.2) is 11.0 Å². The van der Waals surface area contributed by atoms with Gasteiger partial charge < -0.3 is 4.74 Å². The largest absolute Gasteiger partial charge is 0.574 e. The van der Waals surface area contributed by atoms with Gasteiger partial charge in [-0.1, -0.05) is 15.9 Å². The van der Waals surface area contributed by atoms with Gasteiger partial charge in [0.25, 0.3) is 15.5 Å². The first-order valence-corrected chi connectivity index (χ1v) is 7.97. The molecule has 0 aliphatic carbocycles. The second kappa shape index (κ2) is 5.98. The Hall–Kier alpha value is -0.680. The molecule has 0 saturated carbocycles. The fraction of sp³-hybridized carbons (Fsp3) is 0.375. The van der Waals surface area contributed by atoms with Crippen molar-refractivity contribution in [3.8, 4) is 5.88 Å². The van der Waals surface area contributed by atoms with Crippen LogP contribution in [-0.4, -0.2) is 19.8 Å². The fourth-order valence-corrected chi connectivity index (χ4v) is 2.86. The van der Waals surface area contributed by atoms with Gasteiger partial charge in [-0.25, -0.2) is 22.2 Å². The number of hydrogen-bond acceptors (Lipinski definition) is 4. The summed E-state index contributed by atoms with van der Waals surface area (Å²) in [4.78, 5) is 2.31. The van der Waals surface area contributed by atoms with E-state index in [9.17, 15) is 30.4 Å². The summed E-state index contributed by atoms with van der Waals surface area (Å²) >= 11 is 2.77. The molecule has 0 N–H and O–H groups in total. The highest BCUT2D eigenvalue weighted by Gasteiger charge is 2.35. The van der Waals surface area contributed by atoms with E-state index in [4.69, 9.17) is 10.7 Å². The topological polar surface area (TPSA) is 56.3 Å². The van der Waals surface area contributed by atoms with Gasteiger partial charge in [0.1, 0.15) is 4.90 Å². The zero-order valence-electron chi connectivity index (χ0n) is 9.09. The third-order valence-electron chi connectivity index (χ3n) is 1.89. The third kappa shape index (κ3) is 4.42. The Bertz CT molecular complexity index is 607. The highest BCUT2D eigenvalue weighted by molar-refractivity contribution is 9.08. The maximum absolute atomic E-state index is 12.7. The zero-order valence-corrected chi connectivity index (χ0v) is 12.2.